The number of hydrogen-bond donors (Lipinski definition) is 4. The molecule has 4 N–H and O–H groups in total. The molecule has 0 amide bonds. The number of aliphatic hydroxyl groups is 2. The number of hydrogen-bond acceptors (Lipinski definition) is 6. The Hall–Kier alpha value is -1.84. The number of H-pyrrole nitrogens is 1. The summed E-state index contributed by atoms with van der Waals surface area (Å²) in [6, 6.07) is 0.993. The summed E-state index contributed by atoms with van der Waals surface area (Å²) in [4.78, 5) is 24.4. The molecular formula is C10H12FN3O5. The fourth-order valence-corrected chi connectivity index (χ4v) is 1.92. The summed E-state index contributed by atoms with van der Waals surface area (Å²) in [7, 11) is 0. The first kappa shape index (κ1) is 13.6. The van der Waals surface area contributed by atoms with Gasteiger partial charge in [0.15, 0.2) is 18.0 Å². The maximum Gasteiger partial charge on any atom is 0.330 e. The van der Waals surface area contributed by atoms with Gasteiger partial charge in [-0.25, -0.2) is 9.18 Å². The molecule has 0 unspecified atom stereocenters. The van der Waals surface area contributed by atoms with Crippen LogP contribution in [0.5, 0.6) is 0 Å². The van der Waals surface area contributed by atoms with E-state index in [-0.39, 0.29) is 0 Å². The first-order valence-electron chi connectivity index (χ1n) is 5.39. The van der Waals surface area contributed by atoms with Crippen molar-refractivity contribution in [1.82, 2.24) is 9.55 Å². The summed E-state index contributed by atoms with van der Waals surface area (Å²) in [5.41, 5.74) is -3.47. The van der Waals surface area contributed by atoms with E-state index in [2.05, 4.69) is 0 Å². The highest BCUT2D eigenvalue weighted by atomic mass is 19.1. The predicted octanol–water partition coefficient (Wildman–Crippen LogP) is -1.85. The zero-order valence-electron chi connectivity index (χ0n) is 9.62. The number of nitrogens with zero attached hydrogens (tertiary/aromatic N) is 1. The lowest BCUT2D eigenvalue weighted by Gasteiger charge is -2.24. The summed E-state index contributed by atoms with van der Waals surface area (Å²) in [6.45, 7) is -0.813. The SMILES string of the molecule is N=C[C@]1(CO)O[C@@H](n2ccc(=O)[nH]c2=O)[C@H](F)[C@@H]1O. The van der Waals surface area contributed by atoms with Crippen LogP contribution in [0.2, 0.25) is 0 Å². The molecule has 104 valence electrons. The molecule has 9 heteroatoms. The Bertz CT molecular complexity index is 599. The van der Waals surface area contributed by atoms with Crippen molar-refractivity contribution in [1.29, 1.82) is 5.41 Å². The summed E-state index contributed by atoms with van der Waals surface area (Å²) in [5.74, 6) is 0. The minimum atomic E-state index is -2.03. The Morgan fingerprint density at radius 1 is 1.63 bits per heavy atom. The first-order chi connectivity index (χ1) is 8.95. The van der Waals surface area contributed by atoms with E-state index in [0.29, 0.717) is 6.21 Å². The molecule has 0 radical (unpaired) electrons. The number of aromatic nitrogens is 2. The number of rotatable bonds is 3. The first-order valence-corrected chi connectivity index (χ1v) is 5.39. The van der Waals surface area contributed by atoms with Crippen LogP contribution in [0.4, 0.5) is 4.39 Å². The van der Waals surface area contributed by atoms with Gasteiger partial charge in [-0.05, 0) is 0 Å². The highest BCUT2D eigenvalue weighted by molar-refractivity contribution is 5.67. The number of aromatic amines is 1. The molecule has 0 aromatic carbocycles. The maximum absolute atomic E-state index is 14.0. The second-order valence-electron chi connectivity index (χ2n) is 4.17. The molecule has 19 heavy (non-hydrogen) atoms. The fraction of sp³-hybridized carbons (Fsp3) is 0.500. The lowest BCUT2D eigenvalue weighted by molar-refractivity contribution is -0.0832. The van der Waals surface area contributed by atoms with E-state index in [1.807, 2.05) is 4.98 Å². The third kappa shape index (κ3) is 2.01. The van der Waals surface area contributed by atoms with E-state index in [1.165, 1.54) is 0 Å². The molecule has 2 heterocycles. The molecular weight excluding hydrogens is 261 g/mol. The predicted molar refractivity (Wildman–Crippen MR) is 60.9 cm³/mol. The summed E-state index contributed by atoms with van der Waals surface area (Å²) < 4.78 is 19.8. The van der Waals surface area contributed by atoms with Crippen molar-refractivity contribution in [2.24, 2.45) is 0 Å². The smallest absolute Gasteiger partial charge is 0.330 e. The van der Waals surface area contributed by atoms with E-state index in [0.717, 1.165) is 16.8 Å². The quantitative estimate of drug-likeness (QED) is 0.480. The van der Waals surface area contributed by atoms with Gasteiger partial charge >= 0.3 is 5.69 Å². The van der Waals surface area contributed by atoms with Crippen LogP contribution in [0.15, 0.2) is 21.9 Å². The molecule has 4 atom stereocenters. The second kappa shape index (κ2) is 4.68. The monoisotopic (exact) mass is 273 g/mol. The zero-order chi connectivity index (χ0) is 14.2. The Morgan fingerprint density at radius 2 is 2.32 bits per heavy atom. The van der Waals surface area contributed by atoms with Crippen LogP contribution in [0.1, 0.15) is 6.23 Å². The van der Waals surface area contributed by atoms with Crippen molar-refractivity contribution in [2.75, 3.05) is 6.61 Å². The van der Waals surface area contributed by atoms with Gasteiger partial charge in [-0.3, -0.25) is 14.3 Å². The average Bonchev–Trinajstić information content (AvgIpc) is 2.64. The van der Waals surface area contributed by atoms with Crippen LogP contribution in [0.25, 0.3) is 0 Å². The van der Waals surface area contributed by atoms with Crippen LogP contribution in [0, 0.1) is 5.41 Å². The van der Waals surface area contributed by atoms with Crippen LogP contribution in [-0.2, 0) is 4.74 Å². The van der Waals surface area contributed by atoms with Crippen LogP contribution in [-0.4, -0.2) is 50.5 Å². The van der Waals surface area contributed by atoms with E-state index < -0.39 is 42.0 Å². The minimum absolute atomic E-state index is 0.584. The van der Waals surface area contributed by atoms with Crippen molar-refractivity contribution in [3.05, 3.63) is 33.1 Å². The van der Waals surface area contributed by atoms with Crippen molar-refractivity contribution < 1.29 is 19.3 Å². The van der Waals surface area contributed by atoms with Crippen molar-refractivity contribution in [2.45, 2.75) is 24.1 Å². The van der Waals surface area contributed by atoms with Crippen LogP contribution < -0.4 is 11.2 Å². The van der Waals surface area contributed by atoms with Gasteiger partial charge in [0.2, 0.25) is 0 Å². The van der Waals surface area contributed by atoms with Crippen molar-refractivity contribution >= 4 is 6.21 Å². The summed E-state index contributed by atoms with van der Waals surface area (Å²) in [6.07, 6.45) is -3.76. The molecule has 0 bridgehead atoms. The fourth-order valence-electron chi connectivity index (χ4n) is 1.92. The van der Waals surface area contributed by atoms with E-state index in [9.17, 15) is 19.1 Å². The molecule has 8 nitrogen and oxygen atoms in total. The Balaban J connectivity index is 2.45. The molecule has 1 fully saturated rings. The number of alkyl halides is 1. The van der Waals surface area contributed by atoms with Gasteiger partial charge in [-0.15, -0.1) is 0 Å². The van der Waals surface area contributed by atoms with Gasteiger partial charge in [-0.1, -0.05) is 0 Å². The molecule has 0 aliphatic carbocycles. The number of aliphatic hydroxyl groups excluding tert-OH is 2. The van der Waals surface area contributed by atoms with Crippen molar-refractivity contribution in [3.63, 3.8) is 0 Å². The molecule has 1 saturated heterocycles. The van der Waals surface area contributed by atoms with Crippen LogP contribution >= 0.6 is 0 Å². The summed E-state index contributed by atoms with van der Waals surface area (Å²) in [5, 5.41) is 25.9. The molecule has 1 aromatic heterocycles. The lowest BCUT2D eigenvalue weighted by Crippen LogP contribution is -2.46. The summed E-state index contributed by atoms with van der Waals surface area (Å²) >= 11 is 0. The molecule has 2 rings (SSSR count). The van der Waals surface area contributed by atoms with Gasteiger partial charge < -0.3 is 20.4 Å². The van der Waals surface area contributed by atoms with E-state index in [4.69, 9.17) is 15.3 Å². The van der Waals surface area contributed by atoms with E-state index >= 15 is 0 Å². The Kier molecular flexibility index (Phi) is 3.35. The maximum atomic E-state index is 14.0. The normalized spacial score (nSPS) is 34.4. The van der Waals surface area contributed by atoms with Gasteiger partial charge in [0, 0.05) is 18.5 Å². The van der Waals surface area contributed by atoms with Gasteiger partial charge in [0.1, 0.15) is 6.10 Å². The molecule has 0 spiro atoms. The highest BCUT2D eigenvalue weighted by Gasteiger charge is 2.55. The standard InChI is InChI=1S/C10H12FN3O5/c11-6-7(17)10(3-12,4-15)19-8(6)14-2-1-5(16)13-9(14)18/h1-3,6-8,12,15,17H,4H2,(H,13,16,18)/t6-,7+,8-,10-/m1/s1. The van der Waals surface area contributed by atoms with Gasteiger partial charge in [-0.2, -0.15) is 0 Å². The van der Waals surface area contributed by atoms with Gasteiger partial charge in [0.05, 0.1) is 6.61 Å². The third-order valence-corrected chi connectivity index (χ3v) is 3.03. The average molecular weight is 273 g/mol. The molecule has 1 aliphatic rings. The molecule has 1 aromatic rings. The van der Waals surface area contributed by atoms with Crippen molar-refractivity contribution in [3.8, 4) is 0 Å². The lowest BCUT2D eigenvalue weighted by atomic mass is 9.98. The third-order valence-electron chi connectivity index (χ3n) is 3.03. The van der Waals surface area contributed by atoms with Crippen LogP contribution in [0.3, 0.4) is 0 Å². The molecule has 0 saturated carbocycles. The number of halogens is 1. The number of ether oxygens (including phenoxy) is 1. The molecule has 1 aliphatic heterocycles. The minimum Gasteiger partial charge on any atom is -0.393 e. The van der Waals surface area contributed by atoms with E-state index in [1.54, 1.807) is 0 Å². The number of nitrogens with one attached hydrogen (secondary N) is 2. The highest BCUT2D eigenvalue weighted by Crippen LogP contribution is 2.37. The topological polar surface area (TPSA) is 128 Å². The zero-order valence-corrected chi connectivity index (χ0v) is 9.62. The Labute approximate surface area is 105 Å². The van der Waals surface area contributed by atoms with Gasteiger partial charge in [0.25, 0.3) is 5.56 Å². The Morgan fingerprint density at radius 3 is 2.79 bits per heavy atom. The second-order valence-corrected chi connectivity index (χ2v) is 4.17. The largest absolute Gasteiger partial charge is 0.393 e.